The second kappa shape index (κ2) is 5.63. The summed E-state index contributed by atoms with van der Waals surface area (Å²) >= 11 is 0. The van der Waals surface area contributed by atoms with Gasteiger partial charge in [0, 0.05) is 14.2 Å². The first-order chi connectivity index (χ1) is 7.58. The van der Waals surface area contributed by atoms with E-state index in [1.54, 1.807) is 12.1 Å². The van der Waals surface area contributed by atoms with E-state index in [1.165, 1.54) is 20.3 Å². The van der Waals surface area contributed by atoms with Gasteiger partial charge in [0.1, 0.15) is 5.75 Å². The van der Waals surface area contributed by atoms with Crippen LogP contribution in [-0.2, 0) is 9.47 Å². The number of ether oxygens (including phenoxy) is 2. The molecule has 1 aromatic carbocycles. The summed E-state index contributed by atoms with van der Waals surface area (Å²) in [6.07, 6.45) is -0.489. The molecule has 88 valence electrons. The van der Waals surface area contributed by atoms with Gasteiger partial charge in [-0.2, -0.15) is 0 Å². The van der Waals surface area contributed by atoms with Gasteiger partial charge in [-0.25, -0.2) is 0 Å². The number of carbonyl (C=O) groups excluding carboxylic acids is 1. The van der Waals surface area contributed by atoms with Crippen LogP contribution in [0.25, 0.3) is 0 Å². The lowest BCUT2D eigenvalue weighted by Gasteiger charge is -2.12. The lowest BCUT2D eigenvalue weighted by Crippen LogP contribution is -2.18. The van der Waals surface area contributed by atoms with Crippen LogP contribution in [0.4, 0.5) is 0 Å². The minimum Gasteiger partial charge on any atom is -0.507 e. The number of aryl methyl sites for hydroxylation is 1. The van der Waals surface area contributed by atoms with Gasteiger partial charge >= 0.3 is 0 Å². The molecule has 1 aromatic rings. The molecule has 0 bridgehead atoms. The van der Waals surface area contributed by atoms with E-state index in [0.29, 0.717) is 5.56 Å². The van der Waals surface area contributed by atoms with Crippen LogP contribution in [0, 0.1) is 6.92 Å². The Kier molecular flexibility index (Phi) is 4.46. The van der Waals surface area contributed by atoms with Gasteiger partial charge in [0.15, 0.2) is 12.1 Å². The van der Waals surface area contributed by atoms with Crippen molar-refractivity contribution in [1.82, 2.24) is 0 Å². The third-order valence-electron chi connectivity index (χ3n) is 2.33. The molecule has 0 atom stereocenters. The zero-order valence-electron chi connectivity index (χ0n) is 9.69. The van der Waals surface area contributed by atoms with Gasteiger partial charge in [-0.3, -0.25) is 4.79 Å². The van der Waals surface area contributed by atoms with Gasteiger partial charge in [0.2, 0.25) is 0 Å². The van der Waals surface area contributed by atoms with E-state index in [2.05, 4.69) is 0 Å². The summed E-state index contributed by atoms with van der Waals surface area (Å²) in [5, 5.41) is 9.56. The van der Waals surface area contributed by atoms with Gasteiger partial charge in [-0.1, -0.05) is 11.6 Å². The maximum Gasteiger partial charge on any atom is 0.171 e. The van der Waals surface area contributed by atoms with Crippen LogP contribution in [0.1, 0.15) is 22.3 Å². The molecule has 0 heterocycles. The summed E-state index contributed by atoms with van der Waals surface area (Å²) < 4.78 is 9.87. The van der Waals surface area contributed by atoms with Gasteiger partial charge in [0.25, 0.3) is 0 Å². The Balaban J connectivity index is 2.83. The Hall–Kier alpha value is -1.39. The average Bonchev–Trinajstić information content (AvgIpc) is 2.28. The molecule has 0 unspecified atom stereocenters. The monoisotopic (exact) mass is 224 g/mol. The highest BCUT2D eigenvalue weighted by Gasteiger charge is 2.16. The fourth-order valence-electron chi connectivity index (χ4n) is 1.40. The lowest BCUT2D eigenvalue weighted by atomic mass is 10.0. The quantitative estimate of drug-likeness (QED) is 0.613. The summed E-state index contributed by atoms with van der Waals surface area (Å²) in [6.45, 7) is 1.86. The Morgan fingerprint density at radius 1 is 1.38 bits per heavy atom. The molecule has 0 radical (unpaired) electrons. The second-order valence-electron chi connectivity index (χ2n) is 3.55. The third-order valence-corrected chi connectivity index (χ3v) is 2.33. The first-order valence-corrected chi connectivity index (χ1v) is 4.97. The Morgan fingerprint density at radius 3 is 2.56 bits per heavy atom. The number of phenols is 1. The van der Waals surface area contributed by atoms with E-state index in [4.69, 9.17) is 9.47 Å². The van der Waals surface area contributed by atoms with E-state index in [-0.39, 0.29) is 18.0 Å². The zero-order chi connectivity index (χ0) is 12.1. The maximum absolute atomic E-state index is 11.8. The van der Waals surface area contributed by atoms with Crippen molar-refractivity contribution in [3.8, 4) is 5.75 Å². The van der Waals surface area contributed by atoms with Gasteiger partial charge in [-0.05, 0) is 19.1 Å². The average molecular weight is 224 g/mol. The molecule has 0 spiro atoms. The Bertz CT molecular complexity index is 369. The summed E-state index contributed by atoms with van der Waals surface area (Å²) in [7, 11) is 2.94. The smallest absolute Gasteiger partial charge is 0.171 e. The number of ketones is 1. The molecule has 0 aliphatic carbocycles. The number of rotatable bonds is 5. The van der Waals surface area contributed by atoms with Gasteiger partial charge in [0.05, 0.1) is 12.0 Å². The summed E-state index contributed by atoms with van der Waals surface area (Å²) in [4.78, 5) is 11.8. The van der Waals surface area contributed by atoms with Crippen molar-refractivity contribution in [2.24, 2.45) is 0 Å². The van der Waals surface area contributed by atoms with Crippen LogP contribution < -0.4 is 0 Å². The van der Waals surface area contributed by atoms with E-state index < -0.39 is 6.29 Å². The molecular weight excluding hydrogens is 208 g/mol. The molecule has 0 amide bonds. The van der Waals surface area contributed by atoms with Crippen molar-refractivity contribution in [2.75, 3.05) is 14.2 Å². The first kappa shape index (κ1) is 12.7. The fraction of sp³-hybridized carbons (Fsp3) is 0.417. The minimum atomic E-state index is -0.576. The molecule has 0 saturated carbocycles. The highest BCUT2D eigenvalue weighted by molar-refractivity contribution is 5.98. The van der Waals surface area contributed by atoms with Crippen LogP contribution in [0.15, 0.2) is 18.2 Å². The molecule has 0 aromatic heterocycles. The molecule has 1 N–H and O–H groups in total. The highest BCUT2D eigenvalue weighted by atomic mass is 16.7. The predicted molar refractivity (Wildman–Crippen MR) is 59.6 cm³/mol. The van der Waals surface area contributed by atoms with Crippen molar-refractivity contribution >= 4 is 5.78 Å². The van der Waals surface area contributed by atoms with Crippen molar-refractivity contribution in [3.63, 3.8) is 0 Å². The molecule has 16 heavy (non-hydrogen) atoms. The minimum absolute atomic E-state index is 0.0124. The Labute approximate surface area is 94.8 Å². The van der Waals surface area contributed by atoms with Crippen molar-refractivity contribution in [1.29, 1.82) is 0 Å². The highest BCUT2D eigenvalue weighted by Crippen LogP contribution is 2.20. The summed E-state index contributed by atoms with van der Waals surface area (Å²) in [6, 6.07) is 4.91. The number of carbonyl (C=O) groups is 1. The zero-order valence-corrected chi connectivity index (χ0v) is 9.69. The number of methoxy groups -OCH3 is 2. The van der Waals surface area contributed by atoms with E-state index in [1.807, 2.05) is 6.92 Å². The molecule has 4 heteroatoms. The van der Waals surface area contributed by atoms with Crippen molar-refractivity contribution in [2.45, 2.75) is 19.6 Å². The number of benzene rings is 1. The summed E-state index contributed by atoms with van der Waals surface area (Å²) in [5.74, 6) is -0.212. The molecule has 0 fully saturated rings. The number of hydrogen-bond donors (Lipinski definition) is 1. The number of hydrogen-bond acceptors (Lipinski definition) is 4. The largest absolute Gasteiger partial charge is 0.507 e. The van der Waals surface area contributed by atoms with Crippen LogP contribution in [0.5, 0.6) is 5.75 Å². The second-order valence-corrected chi connectivity index (χ2v) is 3.55. The van der Waals surface area contributed by atoms with E-state index in [0.717, 1.165) is 5.56 Å². The molecular formula is C12H16O4. The molecule has 0 aliphatic rings. The topological polar surface area (TPSA) is 55.8 Å². The maximum atomic E-state index is 11.8. The number of Topliss-reactive ketones (excluding diaryl/α,β-unsaturated/α-hetero) is 1. The number of phenolic OH excluding ortho intramolecular Hbond substituents is 1. The van der Waals surface area contributed by atoms with E-state index in [9.17, 15) is 9.90 Å². The standard InChI is InChI=1S/C12H16O4/c1-8-4-5-10(13)9(6-8)11(14)7-12(15-2)16-3/h4-6,12-13H,7H2,1-3H3. The summed E-state index contributed by atoms with van der Waals surface area (Å²) in [5.41, 5.74) is 1.23. The predicted octanol–water partition coefficient (Wildman–Crippen LogP) is 1.89. The molecule has 0 saturated heterocycles. The molecule has 0 aliphatic heterocycles. The molecule has 1 rings (SSSR count). The first-order valence-electron chi connectivity index (χ1n) is 4.97. The van der Waals surface area contributed by atoms with Crippen LogP contribution in [0.2, 0.25) is 0 Å². The third kappa shape index (κ3) is 3.05. The number of aromatic hydroxyl groups is 1. The Morgan fingerprint density at radius 2 is 2.00 bits per heavy atom. The fourth-order valence-corrected chi connectivity index (χ4v) is 1.40. The lowest BCUT2D eigenvalue weighted by molar-refractivity contribution is -0.0993. The van der Waals surface area contributed by atoms with Gasteiger partial charge in [-0.15, -0.1) is 0 Å². The molecule has 4 nitrogen and oxygen atoms in total. The van der Waals surface area contributed by atoms with Crippen LogP contribution in [0.3, 0.4) is 0 Å². The normalized spacial score (nSPS) is 10.8. The van der Waals surface area contributed by atoms with Crippen LogP contribution in [-0.4, -0.2) is 31.4 Å². The van der Waals surface area contributed by atoms with Crippen LogP contribution >= 0.6 is 0 Å². The van der Waals surface area contributed by atoms with Gasteiger partial charge < -0.3 is 14.6 Å². The SMILES string of the molecule is COC(CC(=O)c1cc(C)ccc1O)OC. The van der Waals surface area contributed by atoms with E-state index >= 15 is 0 Å². The van der Waals surface area contributed by atoms with Crippen molar-refractivity contribution < 1.29 is 19.4 Å². The van der Waals surface area contributed by atoms with Crippen molar-refractivity contribution in [3.05, 3.63) is 29.3 Å².